The predicted molar refractivity (Wildman–Crippen MR) is 88.7 cm³/mol. The first-order valence-corrected chi connectivity index (χ1v) is 8.42. The van der Waals surface area contributed by atoms with Crippen LogP contribution in [0, 0.1) is 17.2 Å². The van der Waals surface area contributed by atoms with Crippen LogP contribution in [0.1, 0.15) is 30.9 Å². The molecule has 5 nitrogen and oxygen atoms in total. The second-order valence-corrected chi connectivity index (χ2v) is 6.69. The lowest BCUT2D eigenvalue weighted by atomic mass is 10.1. The van der Waals surface area contributed by atoms with Gasteiger partial charge in [-0.3, -0.25) is 4.90 Å². The highest BCUT2D eigenvalue weighted by Gasteiger charge is 2.35. The van der Waals surface area contributed by atoms with Crippen molar-refractivity contribution in [1.82, 2.24) is 15.1 Å². The molecule has 2 atom stereocenters. The Balaban J connectivity index is 1.49. The van der Waals surface area contributed by atoms with Gasteiger partial charge in [0.25, 0.3) is 0 Å². The molecule has 1 aromatic carbocycles. The summed E-state index contributed by atoms with van der Waals surface area (Å²) < 4.78 is 0. The van der Waals surface area contributed by atoms with E-state index in [2.05, 4.69) is 23.2 Å². The monoisotopic (exact) mass is 312 g/mol. The van der Waals surface area contributed by atoms with E-state index in [-0.39, 0.29) is 6.03 Å². The lowest BCUT2D eigenvalue weighted by Crippen LogP contribution is -2.43. The van der Waals surface area contributed by atoms with Crippen LogP contribution in [0.4, 0.5) is 4.79 Å². The molecule has 2 fully saturated rings. The highest BCUT2D eigenvalue weighted by molar-refractivity contribution is 5.75. The summed E-state index contributed by atoms with van der Waals surface area (Å²) in [4.78, 5) is 16.6. The molecule has 1 heterocycles. The molecule has 0 unspecified atom stereocenters. The molecule has 1 saturated heterocycles. The summed E-state index contributed by atoms with van der Waals surface area (Å²) in [6.45, 7) is 6.56. The molecule has 0 bridgehead atoms. The fourth-order valence-corrected chi connectivity index (χ4v) is 3.05. The van der Waals surface area contributed by atoms with Gasteiger partial charge in [-0.05, 0) is 36.5 Å². The summed E-state index contributed by atoms with van der Waals surface area (Å²) in [6, 6.07) is 10.4. The summed E-state index contributed by atoms with van der Waals surface area (Å²) in [6.07, 6.45) is 2.12. The third-order valence-corrected chi connectivity index (χ3v) is 4.78. The topological polar surface area (TPSA) is 59.4 Å². The molecule has 1 aliphatic carbocycles. The Hall–Kier alpha value is -2.06. The average Bonchev–Trinajstić information content (AvgIpc) is 3.30. The second kappa shape index (κ2) is 7.01. The van der Waals surface area contributed by atoms with Gasteiger partial charge in [-0.2, -0.15) is 5.26 Å². The number of hydrogen-bond acceptors (Lipinski definition) is 3. The molecule has 1 N–H and O–H groups in total. The number of urea groups is 1. The van der Waals surface area contributed by atoms with E-state index < -0.39 is 0 Å². The molecule has 2 amide bonds. The fraction of sp³-hybridized carbons (Fsp3) is 0.556. The quantitative estimate of drug-likeness (QED) is 0.930. The van der Waals surface area contributed by atoms with Gasteiger partial charge in [0, 0.05) is 38.8 Å². The van der Waals surface area contributed by atoms with Crippen molar-refractivity contribution in [3.05, 3.63) is 35.4 Å². The molecule has 1 aliphatic heterocycles. The number of carbonyl (C=O) groups is 1. The number of benzene rings is 1. The van der Waals surface area contributed by atoms with Crippen molar-refractivity contribution in [1.29, 1.82) is 5.26 Å². The van der Waals surface area contributed by atoms with E-state index in [1.54, 1.807) is 0 Å². The minimum absolute atomic E-state index is 0.0968. The molecular formula is C18H24N4O. The van der Waals surface area contributed by atoms with Crippen LogP contribution in [0.25, 0.3) is 0 Å². The number of rotatable bonds is 3. The van der Waals surface area contributed by atoms with Crippen LogP contribution in [0.3, 0.4) is 0 Å². The zero-order chi connectivity index (χ0) is 16.2. The van der Waals surface area contributed by atoms with Gasteiger partial charge in [-0.1, -0.05) is 19.1 Å². The van der Waals surface area contributed by atoms with E-state index >= 15 is 0 Å². The minimum atomic E-state index is 0.0968. The predicted octanol–water partition coefficient (Wildman–Crippen LogP) is 2.18. The molecule has 2 aliphatic rings. The molecule has 1 aromatic rings. The molecule has 122 valence electrons. The van der Waals surface area contributed by atoms with E-state index in [1.807, 2.05) is 29.2 Å². The number of carbonyl (C=O) groups excluding carboxylic acids is 1. The summed E-state index contributed by atoms with van der Waals surface area (Å²) in [5, 5.41) is 12.0. The van der Waals surface area contributed by atoms with Gasteiger partial charge >= 0.3 is 6.03 Å². The van der Waals surface area contributed by atoms with Crippen LogP contribution in [-0.2, 0) is 6.54 Å². The first-order valence-electron chi connectivity index (χ1n) is 8.42. The van der Waals surface area contributed by atoms with Gasteiger partial charge in [0.1, 0.15) is 0 Å². The summed E-state index contributed by atoms with van der Waals surface area (Å²) in [5.41, 5.74) is 1.91. The Morgan fingerprint density at radius 2 is 2.00 bits per heavy atom. The van der Waals surface area contributed by atoms with Gasteiger partial charge in [0.05, 0.1) is 11.6 Å². The van der Waals surface area contributed by atoms with Crippen molar-refractivity contribution in [2.45, 2.75) is 32.4 Å². The normalized spacial score (nSPS) is 24.6. The number of nitrogens with one attached hydrogen (secondary N) is 1. The fourth-order valence-electron chi connectivity index (χ4n) is 3.05. The maximum Gasteiger partial charge on any atom is 0.317 e. The highest BCUT2D eigenvalue weighted by Crippen LogP contribution is 2.29. The van der Waals surface area contributed by atoms with Crippen molar-refractivity contribution < 1.29 is 4.79 Å². The molecular weight excluding hydrogens is 288 g/mol. The molecule has 0 spiro atoms. The van der Waals surface area contributed by atoms with Crippen LogP contribution in [0.5, 0.6) is 0 Å². The summed E-state index contributed by atoms with van der Waals surface area (Å²) in [5.74, 6) is 0.638. The first kappa shape index (κ1) is 15.8. The van der Waals surface area contributed by atoms with Gasteiger partial charge in [-0.15, -0.1) is 0 Å². The van der Waals surface area contributed by atoms with Crippen LogP contribution >= 0.6 is 0 Å². The third-order valence-electron chi connectivity index (χ3n) is 4.78. The van der Waals surface area contributed by atoms with Crippen LogP contribution in [0.15, 0.2) is 24.3 Å². The molecule has 0 radical (unpaired) electrons. The second-order valence-electron chi connectivity index (χ2n) is 6.69. The molecule has 23 heavy (non-hydrogen) atoms. The lowest BCUT2D eigenvalue weighted by molar-refractivity contribution is 0.197. The van der Waals surface area contributed by atoms with Crippen LogP contribution in [0.2, 0.25) is 0 Å². The van der Waals surface area contributed by atoms with Gasteiger partial charge in [-0.25, -0.2) is 4.79 Å². The SMILES string of the molecule is C[C@H]1C[C@H]1NC(=O)N1CCCN(Cc2ccc(C#N)cc2)CC1. The lowest BCUT2D eigenvalue weighted by Gasteiger charge is -2.22. The number of nitrogens with zero attached hydrogens (tertiary/aromatic N) is 3. The average molecular weight is 312 g/mol. The Morgan fingerprint density at radius 1 is 1.26 bits per heavy atom. The summed E-state index contributed by atoms with van der Waals surface area (Å²) >= 11 is 0. The number of hydrogen-bond donors (Lipinski definition) is 1. The standard InChI is InChI=1S/C18H24N4O/c1-14-11-17(14)20-18(23)22-8-2-7-21(9-10-22)13-16-5-3-15(12-19)4-6-16/h3-6,14,17H,2,7-11,13H2,1H3,(H,20,23)/t14-,17+/m0/s1. The largest absolute Gasteiger partial charge is 0.335 e. The Labute approximate surface area is 137 Å². The van der Waals surface area contributed by atoms with Gasteiger partial charge in [0.2, 0.25) is 0 Å². The molecule has 0 aromatic heterocycles. The molecule has 5 heteroatoms. The van der Waals surface area contributed by atoms with E-state index in [1.165, 1.54) is 5.56 Å². The third kappa shape index (κ3) is 4.23. The molecule has 1 saturated carbocycles. The first-order chi connectivity index (χ1) is 11.2. The van der Waals surface area contributed by atoms with Crippen LogP contribution in [-0.4, -0.2) is 48.1 Å². The van der Waals surface area contributed by atoms with Crippen molar-refractivity contribution in [3.8, 4) is 6.07 Å². The maximum absolute atomic E-state index is 12.2. The van der Waals surface area contributed by atoms with Crippen LogP contribution < -0.4 is 5.32 Å². The van der Waals surface area contributed by atoms with Crippen molar-refractivity contribution in [2.24, 2.45) is 5.92 Å². The Morgan fingerprint density at radius 3 is 2.65 bits per heavy atom. The van der Waals surface area contributed by atoms with E-state index in [0.717, 1.165) is 45.6 Å². The van der Waals surface area contributed by atoms with Gasteiger partial charge in [0.15, 0.2) is 0 Å². The Kier molecular flexibility index (Phi) is 4.82. The van der Waals surface area contributed by atoms with E-state index in [9.17, 15) is 4.79 Å². The van der Waals surface area contributed by atoms with Crippen molar-refractivity contribution in [3.63, 3.8) is 0 Å². The zero-order valence-corrected chi connectivity index (χ0v) is 13.7. The van der Waals surface area contributed by atoms with Gasteiger partial charge < -0.3 is 10.2 Å². The highest BCUT2D eigenvalue weighted by atomic mass is 16.2. The Bertz CT molecular complexity index is 592. The zero-order valence-electron chi connectivity index (χ0n) is 13.7. The summed E-state index contributed by atoms with van der Waals surface area (Å²) in [7, 11) is 0. The van der Waals surface area contributed by atoms with E-state index in [0.29, 0.717) is 17.5 Å². The smallest absolute Gasteiger partial charge is 0.317 e. The van der Waals surface area contributed by atoms with Crippen molar-refractivity contribution >= 4 is 6.03 Å². The number of amides is 2. The number of nitriles is 1. The minimum Gasteiger partial charge on any atom is -0.335 e. The molecule has 3 rings (SSSR count). The van der Waals surface area contributed by atoms with Crippen molar-refractivity contribution in [2.75, 3.05) is 26.2 Å². The van der Waals surface area contributed by atoms with E-state index in [4.69, 9.17) is 5.26 Å². The maximum atomic E-state index is 12.2.